The van der Waals surface area contributed by atoms with Crippen molar-refractivity contribution < 1.29 is 14.1 Å². The van der Waals surface area contributed by atoms with E-state index in [1.165, 1.54) is 0 Å². The molecule has 0 amide bonds. The summed E-state index contributed by atoms with van der Waals surface area (Å²) in [5.41, 5.74) is 0.584. The number of para-hydroxylation sites is 1. The molecule has 0 aliphatic carbocycles. The minimum atomic E-state index is 0.0513. The van der Waals surface area contributed by atoms with Crippen LogP contribution in [0.4, 0.5) is 0 Å². The third-order valence-electron chi connectivity index (χ3n) is 2.69. The molecular formula is C14H16N2O3. The number of benzene rings is 1. The van der Waals surface area contributed by atoms with Crippen LogP contribution in [-0.4, -0.2) is 15.9 Å². The highest BCUT2D eigenvalue weighted by atomic mass is 16.5. The smallest absolute Gasteiger partial charge is 0.264 e. The van der Waals surface area contributed by atoms with Gasteiger partial charge >= 0.3 is 0 Å². The lowest BCUT2D eigenvalue weighted by Crippen LogP contribution is -2.03. The van der Waals surface area contributed by atoms with E-state index in [1.807, 2.05) is 26.0 Å². The molecule has 1 aromatic carbocycles. The Bertz CT molecular complexity index is 563. The molecule has 0 aliphatic rings. The summed E-state index contributed by atoms with van der Waals surface area (Å²) in [7, 11) is 0. The number of carbonyl (C=O) groups is 1. The Kier molecular flexibility index (Phi) is 4.28. The first-order valence-corrected chi connectivity index (χ1v) is 6.31. The quantitative estimate of drug-likeness (QED) is 0.747. The Morgan fingerprint density at radius 1 is 1.32 bits per heavy atom. The lowest BCUT2D eigenvalue weighted by atomic mass is 10.1. The first-order valence-electron chi connectivity index (χ1n) is 6.31. The van der Waals surface area contributed by atoms with Gasteiger partial charge in [-0.25, -0.2) is 0 Å². The molecule has 0 unspecified atom stereocenters. The van der Waals surface area contributed by atoms with Gasteiger partial charge in [0.05, 0.1) is 5.56 Å². The second kappa shape index (κ2) is 6.13. The number of rotatable bonds is 6. The molecule has 0 atom stereocenters. The van der Waals surface area contributed by atoms with Gasteiger partial charge in [0.1, 0.15) is 5.75 Å². The van der Waals surface area contributed by atoms with E-state index >= 15 is 0 Å². The van der Waals surface area contributed by atoms with Gasteiger partial charge in [-0.2, -0.15) is 4.98 Å². The van der Waals surface area contributed by atoms with Crippen molar-refractivity contribution in [3.63, 3.8) is 0 Å². The van der Waals surface area contributed by atoms with Crippen molar-refractivity contribution in [3.05, 3.63) is 41.5 Å². The molecule has 1 heterocycles. The molecule has 2 aromatic rings. The molecule has 1 aromatic heterocycles. The lowest BCUT2D eigenvalue weighted by Gasteiger charge is -2.07. The van der Waals surface area contributed by atoms with Crippen LogP contribution in [0.25, 0.3) is 0 Å². The zero-order chi connectivity index (χ0) is 13.7. The van der Waals surface area contributed by atoms with Gasteiger partial charge in [0.2, 0.25) is 0 Å². The van der Waals surface area contributed by atoms with Gasteiger partial charge in [-0.3, -0.25) is 4.79 Å². The Balaban J connectivity index is 2.08. The van der Waals surface area contributed by atoms with Crippen LogP contribution in [-0.2, 0) is 13.0 Å². The summed E-state index contributed by atoms with van der Waals surface area (Å²) >= 11 is 0. The Labute approximate surface area is 111 Å². The number of hydrogen-bond donors (Lipinski definition) is 0. The number of ketones is 1. The summed E-state index contributed by atoms with van der Waals surface area (Å²) in [4.78, 5) is 15.9. The van der Waals surface area contributed by atoms with Crippen LogP contribution in [0, 0.1) is 0 Å². The summed E-state index contributed by atoms with van der Waals surface area (Å²) in [5.74, 6) is 1.66. The first-order chi connectivity index (χ1) is 9.24. The molecule has 100 valence electrons. The predicted octanol–water partition coefficient (Wildman–Crippen LogP) is 2.80. The fraction of sp³-hybridized carbons (Fsp3) is 0.357. The van der Waals surface area contributed by atoms with Crippen LogP contribution in [0.3, 0.4) is 0 Å². The number of nitrogens with zero attached hydrogens (tertiary/aromatic N) is 2. The van der Waals surface area contributed by atoms with Crippen molar-refractivity contribution in [3.8, 4) is 5.75 Å². The van der Waals surface area contributed by atoms with E-state index in [-0.39, 0.29) is 12.4 Å². The van der Waals surface area contributed by atoms with E-state index in [4.69, 9.17) is 9.26 Å². The van der Waals surface area contributed by atoms with Gasteiger partial charge < -0.3 is 9.26 Å². The maximum absolute atomic E-state index is 11.8. The zero-order valence-corrected chi connectivity index (χ0v) is 11.0. The van der Waals surface area contributed by atoms with Crippen LogP contribution in [0.2, 0.25) is 0 Å². The van der Waals surface area contributed by atoms with Gasteiger partial charge in [-0.15, -0.1) is 0 Å². The van der Waals surface area contributed by atoms with Crippen LogP contribution in [0.5, 0.6) is 5.75 Å². The Morgan fingerprint density at radius 2 is 2.11 bits per heavy atom. The molecule has 0 saturated heterocycles. The predicted molar refractivity (Wildman–Crippen MR) is 69.1 cm³/mol. The molecule has 0 bridgehead atoms. The van der Waals surface area contributed by atoms with Crippen molar-refractivity contribution in [1.29, 1.82) is 0 Å². The van der Waals surface area contributed by atoms with Gasteiger partial charge in [0.15, 0.2) is 18.2 Å². The van der Waals surface area contributed by atoms with Gasteiger partial charge in [0, 0.05) is 12.8 Å². The van der Waals surface area contributed by atoms with E-state index in [9.17, 15) is 4.79 Å². The van der Waals surface area contributed by atoms with Crippen molar-refractivity contribution in [2.24, 2.45) is 0 Å². The molecule has 0 saturated carbocycles. The summed E-state index contributed by atoms with van der Waals surface area (Å²) < 4.78 is 10.6. The highest BCUT2D eigenvalue weighted by Gasteiger charge is 2.11. The van der Waals surface area contributed by atoms with Crippen LogP contribution >= 0.6 is 0 Å². The van der Waals surface area contributed by atoms with Gasteiger partial charge in [-0.05, 0) is 12.1 Å². The highest BCUT2D eigenvalue weighted by Crippen LogP contribution is 2.20. The SMILES string of the molecule is CCC(=O)c1ccccc1OCc1nc(CC)no1. The van der Waals surface area contributed by atoms with Gasteiger partial charge in [0.25, 0.3) is 5.89 Å². The fourth-order valence-corrected chi connectivity index (χ4v) is 1.65. The average Bonchev–Trinajstić information content (AvgIpc) is 2.92. The topological polar surface area (TPSA) is 65.2 Å². The fourth-order valence-electron chi connectivity index (χ4n) is 1.65. The standard InChI is InChI=1S/C14H16N2O3/c1-3-11(17)10-7-5-6-8-12(10)18-9-14-15-13(4-2)16-19-14/h5-8H,3-4,9H2,1-2H3. The van der Waals surface area contributed by atoms with Crippen LogP contribution in [0.15, 0.2) is 28.8 Å². The largest absolute Gasteiger partial charge is 0.483 e. The molecular weight excluding hydrogens is 244 g/mol. The van der Waals surface area contributed by atoms with Crippen LogP contribution in [0.1, 0.15) is 42.3 Å². The Morgan fingerprint density at radius 3 is 2.79 bits per heavy atom. The van der Waals surface area contributed by atoms with E-state index < -0.39 is 0 Å². The third kappa shape index (κ3) is 3.19. The first kappa shape index (κ1) is 13.3. The van der Waals surface area contributed by atoms with E-state index in [0.717, 1.165) is 0 Å². The molecule has 0 spiro atoms. The number of Topliss-reactive ketones (excluding diaryl/α,β-unsaturated/α-hetero) is 1. The molecule has 0 aliphatic heterocycles. The summed E-state index contributed by atoms with van der Waals surface area (Å²) in [5, 5.41) is 3.79. The maximum Gasteiger partial charge on any atom is 0.264 e. The lowest BCUT2D eigenvalue weighted by molar-refractivity contribution is 0.0983. The number of aromatic nitrogens is 2. The second-order valence-corrected chi connectivity index (χ2v) is 4.02. The monoisotopic (exact) mass is 260 g/mol. The normalized spacial score (nSPS) is 10.4. The van der Waals surface area contributed by atoms with Crippen molar-refractivity contribution >= 4 is 5.78 Å². The minimum Gasteiger partial charge on any atom is -0.483 e. The second-order valence-electron chi connectivity index (χ2n) is 4.02. The molecule has 5 nitrogen and oxygen atoms in total. The van der Waals surface area contributed by atoms with Crippen molar-refractivity contribution in [2.45, 2.75) is 33.3 Å². The van der Waals surface area contributed by atoms with Crippen molar-refractivity contribution in [2.75, 3.05) is 0 Å². The Hall–Kier alpha value is -2.17. The number of hydrogen-bond acceptors (Lipinski definition) is 5. The molecule has 2 rings (SSSR count). The summed E-state index contributed by atoms with van der Waals surface area (Å²) in [6.07, 6.45) is 1.16. The minimum absolute atomic E-state index is 0.0513. The zero-order valence-electron chi connectivity index (χ0n) is 11.0. The summed E-state index contributed by atoms with van der Waals surface area (Å²) in [6.45, 7) is 3.94. The number of carbonyl (C=O) groups excluding carboxylic acids is 1. The van der Waals surface area contributed by atoms with Crippen LogP contribution < -0.4 is 4.74 Å². The molecule has 0 N–H and O–H groups in total. The number of ether oxygens (including phenoxy) is 1. The van der Waals surface area contributed by atoms with Crippen molar-refractivity contribution in [1.82, 2.24) is 10.1 Å². The third-order valence-corrected chi connectivity index (χ3v) is 2.69. The molecule has 0 radical (unpaired) electrons. The molecule has 5 heteroatoms. The highest BCUT2D eigenvalue weighted by molar-refractivity contribution is 5.98. The van der Waals surface area contributed by atoms with E-state index in [2.05, 4.69) is 10.1 Å². The van der Waals surface area contributed by atoms with E-state index in [1.54, 1.807) is 12.1 Å². The van der Waals surface area contributed by atoms with E-state index in [0.29, 0.717) is 35.9 Å². The molecule has 19 heavy (non-hydrogen) atoms. The number of aryl methyl sites for hydroxylation is 1. The summed E-state index contributed by atoms with van der Waals surface area (Å²) in [6, 6.07) is 7.16. The molecule has 0 fully saturated rings. The average molecular weight is 260 g/mol. The maximum atomic E-state index is 11.8. The van der Waals surface area contributed by atoms with Gasteiger partial charge in [-0.1, -0.05) is 31.1 Å².